The molecule has 2 aliphatic heterocycles. The van der Waals surface area contributed by atoms with E-state index in [1.54, 1.807) is 6.92 Å². The van der Waals surface area contributed by atoms with Gasteiger partial charge in [0.2, 0.25) is 11.8 Å². The van der Waals surface area contributed by atoms with Crippen LogP contribution in [0.25, 0.3) is 0 Å². The molecular weight excluding hydrogens is 360 g/mol. The molecular formula is C25H30N2O2. The summed E-state index contributed by atoms with van der Waals surface area (Å²) in [7, 11) is 0. The van der Waals surface area contributed by atoms with Gasteiger partial charge in [0.15, 0.2) is 0 Å². The van der Waals surface area contributed by atoms with Gasteiger partial charge in [0.1, 0.15) is 0 Å². The zero-order valence-corrected chi connectivity index (χ0v) is 17.2. The van der Waals surface area contributed by atoms with Crippen molar-refractivity contribution in [3.63, 3.8) is 0 Å². The van der Waals surface area contributed by atoms with Gasteiger partial charge in [0.05, 0.1) is 5.41 Å². The monoisotopic (exact) mass is 390 g/mol. The van der Waals surface area contributed by atoms with Crippen LogP contribution in [0.1, 0.15) is 49.7 Å². The molecule has 2 aromatic carbocycles. The van der Waals surface area contributed by atoms with Crippen LogP contribution in [-0.4, -0.2) is 47.8 Å². The van der Waals surface area contributed by atoms with Gasteiger partial charge in [-0.15, -0.1) is 0 Å². The Morgan fingerprint density at radius 3 is 1.90 bits per heavy atom. The van der Waals surface area contributed by atoms with Crippen molar-refractivity contribution in [1.82, 2.24) is 9.80 Å². The molecule has 0 bridgehead atoms. The highest BCUT2D eigenvalue weighted by Crippen LogP contribution is 2.39. The van der Waals surface area contributed by atoms with E-state index in [2.05, 4.69) is 47.4 Å². The molecule has 0 aromatic heterocycles. The largest absolute Gasteiger partial charge is 0.343 e. The lowest BCUT2D eigenvalue weighted by atomic mass is 9.71. The van der Waals surface area contributed by atoms with Crippen molar-refractivity contribution in [1.29, 1.82) is 0 Å². The maximum Gasteiger partial charge on any atom is 0.233 e. The van der Waals surface area contributed by atoms with Crippen molar-refractivity contribution >= 4 is 11.8 Å². The standard InChI is InChI=1S/C25H30N2O2/c1-20(28)26-18-14-25(15-19-26,23-10-6-3-7-11-23)24(29)27-16-12-22(13-17-27)21-8-4-2-5-9-21/h2-11,22H,12-19H2,1H3. The van der Waals surface area contributed by atoms with Gasteiger partial charge in [0.25, 0.3) is 0 Å². The summed E-state index contributed by atoms with van der Waals surface area (Å²) in [6.07, 6.45) is 3.43. The first-order valence-electron chi connectivity index (χ1n) is 10.8. The zero-order valence-electron chi connectivity index (χ0n) is 17.2. The van der Waals surface area contributed by atoms with Gasteiger partial charge in [0, 0.05) is 33.1 Å². The van der Waals surface area contributed by atoms with Gasteiger partial charge < -0.3 is 9.80 Å². The van der Waals surface area contributed by atoms with Crippen LogP contribution in [0.15, 0.2) is 60.7 Å². The SMILES string of the molecule is CC(=O)N1CCC(C(=O)N2CCC(c3ccccc3)CC2)(c2ccccc2)CC1. The van der Waals surface area contributed by atoms with E-state index in [4.69, 9.17) is 0 Å². The Morgan fingerprint density at radius 2 is 1.34 bits per heavy atom. The van der Waals surface area contributed by atoms with Gasteiger partial charge in [-0.3, -0.25) is 9.59 Å². The van der Waals surface area contributed by atoms with E-state index in [-0.39, 0.29) is 11.8 Å². The first-order valence-corrected chi connectivity index (χ1v) is 10.8. The van der Waals surface area contributed by atoms with Crippen LogP contribution in [0.3, 0.4) is 0 Å². The van der Waals surface area contributed by atoms with Crippen LogP contribution < -0.4 is 0 Å². The van der Waals surface area contributed by atoms with Gasteiger partial charge >= 0.3 is 0 Å². The first-order chi connectivity index (χ1) is 14.1. The van der Waals surface area contributed by atoms with Crippen LogP contribution in [-0.2, 0) is 15.0 Å². The van der Waals surface area contributed by atoms with Crippen LogP contribution >= 0.6 is 0 Å². The molecule has 0 atom stereocenters. The summed E-state index contributed by atoms with van der Waals surface area (Å²) >= 11 is 0. The Kier molecular flexibility index (Phi) is 5.70. The molecule has 4 nitrogen and oxygen atoms in total. The third kappa shape index (κ3) is 3.93. The van der Waals surface area contributed by atoms with Gasteiger partial charge in [-0.25, -0.2) is 0 Å². The second-order valence-corrected chi connectivity index (χ2v) is 8.43. The van der Waals surface area contributed by atoms with Crippen LogP contribution in [0.2, 0.25) is 0 Å². The lowest BCUT2D eigenvalue weighted by Crippen LogP contribution is -2.54. The van der Waals surface area contributed by atoms with Crippen molar-refractivity contribution in [2.45, 2.75) is 43.9 Å². The minimum Gasteiger partial charge on any atom is -0.343 e. The summed E-state index contributed by atoms with van der Waals surface area (Å²) in [5, 5.41) is 0. The second-order valence-electron chi connectivity index (χ2n) is 8.43. The summed E-state index contributed by atoms with van der Waals surface area (Å²) in [6.45, 7) is 4.53. The van der Waals surface area contributed by atoms with Crippen molar-refractivity contribution < 1.29 is 9.59 Å². The van der Waals surface area contributed by atoms with Crippen LogP contribution in [0.4, 0.5) is 0 Å². The van der Waals surface area contributed by atoms with Crippen LogP contribution in [0.5, 0.6) is 0 Å². The number of hydrogen-bond acceptors (Lipinski definition) is 2. The van der Waals surface area contributed by atoms with E-state index in [0.29, 0.717) is 31.8 Å². The Hall–Kier alpha value is -2.62. The van der Waals surface area contributed by atoms with E-state index in [1.807, 2.05) is 23.1 Å². The highest BCUT2D eigenvalue weighted by Gasteiger charge is 2.45. The number of hydrogen-bond donors (Lipinski definition) is 0. The van der Waals surface area contributed by atoms with Gasteiger partial charge in [-0.2, -0.15) is 0 Å². The topological polar surface area (TPSA) is 40.6 Å². The fourth-order valence-electron chi connectivity index (χ4n) is 5.03. The maximum atomic E-state index is 13.8. The van der Waals surface area contributed by atoms with Gasteiger partial charge in [-0.1, -0.05) is 60.7 Å². The smallest absolute Gasteiger partial charge is 0.233 e. The molecule has 152 valence electrons. The summed E-state index contributed by atoms with van der Waals surface area (Å²) in [5.74, 6) is 0.883. The predicted octanol–water partition coefficient (Wildman–Crippen LogP) is 3.97. The number of nitrogens with zero attached hydrogens (tertiary/aromatic N) is 2. The predicted molar refractivity (Wildman–Crippen MR) is 115 cm³/mol. The summed E-state index contributed by atoms with van der Waals surface area (Å²) in [5.41, 5.74) is 1.97. The fourth-order valence-corrected chi connectivity index (χ4v) is 5.03. The molecule has 2 saturated heterocycles. The molecule has 2 heterocycles. The lowest BCUT2D eigenvalue weighted by Gasteiger charge is -2.45. The maximum absolute atomic E-state index is 13.8. The molecule has 2 aliphatic rings. The van der Waals surface area contributed by atoms with E-state index >= 15 is 0 Å². The molecule has 29 heavy (non-hydrogen) atoms. The Bertz CT molecular complexity index is 834. The molecule has 2 amide bonds. The molecule has 0 spiro atoms. The Morgan fingerprint density at radius 1 is 0.793 bits per heavy atom. The lowest BCUT2D eigenvalue weighted by molar-refractivity contribution is -0.143. The van der Waals surface area contributed by atoms with Crippen LogP contribution in [0, 0.1) is 0 Å². The minimum absolute atomic E-state index is 0.0998. The average Bonchev–Trinajstić information content (AvgIpc) is 2.80. The third-order valence-corrected chi connectivity index (χ3v) is 6.85. The van der Waals surface area contributed by atoms with E-state index in [1.165, 1.54) is 5.56 Å². The van der Waals surface area contributed by atoms with Crippen molar-refractivity contribution in [2.75, 3.05) is 26.2 Å². The normalized spacial score (nSPS) is 19.8. The highest BCUT2D eigenvalue weighted by molar-refractivity contribution is 5.89. The number of benzene rings is 2. The number of rotatable bonds is 3. The summed E-state index contributed by atoms with van der Waals surface area (Å²) in [4.78, 5) is 29.6. The van der Waals surface area contributed by atoms with Gasteiger partial charge in [-0.05, 0) is 42.7 Å². The molecule has 0 aliphatic carbocycles. The van der Waals surface area contributed by atoms with E-state index in [9.17, 15) is 9.59 Å². The Balaban J connectivity index is 1.52. The molecule has 0 N–H and O–H groups in total. The number of likely N-dealkylation sites (tertiary alicyclic amines) is 2. The molecule has 4 heteroatoms. The summed E-state index contributed by atoms with van der Waals surface area (Å²) < 4.78 is 0. The molecule has 0 unspecified atom stereocenters. The van der Waals surface area contributed by atoms with Crippen molar-refractivity contribution in [3.8, 4) is 0 Å². The molecule has 4 rings (SSSR count). The van der Waals surface area contributed by atoms with Crippen molar-refractivity contribution in [2.24, 2.45) is 0 Å². The third-order valence-electron chi connectivity index (χ3n) is 6.85. The number of piperidine rings is 2. The summed E-state index contributed by atoms with van der Waals surface area (Å²) in [6, 6.07) is 20.8. The minimum atomic E-state index is -0.507. The fraction of sp³-hybridized carbons (Fsp3) is 0.440. The molecule has 2 aromatic rings. The average molecular weight is 391 g/mol. The zero-order chi connectivity index (χ0) is 20.3. The Labute approximate surface area is 173 Å². The molecule has 0 radical (unpaired) electrons. The second kappa shape index (κ2) is 8.40. The molecule has 0 saturated carbocycles. The molecule has 2 fully saturated rings. The number of carbonyl (C=O) groups is 2. The van der Waals surface area contributed by atoms with E-state index < -0.39 is 5.41 Å². The quantitative estimate of drug-likeness (QED) is 0.796. The first kappa shape index (κ1) is 19.7. The number of carbonyl (C=O) groups excluding carboxylic acids is 2. The van der Waals surface area contributed by atoms with Crippen molar-refractivity contribution in [3.05, 3.63) is 71.8 Å². The van der Waals surface area contributed by atoms with E-state index in [0.717, 1.165) is 31.5 Å². The highest BCUT2D eigenvalue weighted by atomic mass is 16.2. The number of amides is 2.